The second kappa shape index (κ2) is 10.1. The third kappa shape index (κ3) is 5.20. The Hall–Kier alpha value is -2.26. The van der Waals surface area contributed by atoms with Crippen LogP contribution in [0.2, 0.25) is 0 Å². The summed E-state index contributed by atoms with van der Waals surface area (Å²) in [5, 5.41) is 5.36. The first-order valence-electron chi connectivity index (χ1n) is 11.5. The lowest BCUT2D eigenvalue weighted by molar-refractivity contribution is -0.138. The van der Waals surface area contributed by atoms with Gasteiger partial charge in [-0.3, -0.25) is 19.7 Å². The smallest absolute Gasteiger partial charge is 0.237 e. The van der Waals surface area contributed by atoms with Gasteiger partial charge in [0.25, 0.3) is 0 Å². The molecule has 0 spiro atoms. The summed E-state index contributed by atoms with van der Waals surface area (Å²) in [5.41, 5.74) is 0.732. The first-order valence-corrected chi connectivity index (χ1v) is 13.1. The molecule has 1 aromatic carbocycles. The van der Waals surface area contributed by atoms with E-state index in [0.29, 0.717) is 57.3 Å². The zero-order chi connectivity index (χ0) is 23.4. The Morgan fingerprint density at radius 1 is 1.16 bits per heavy atom. The van der Waals surface area contributed by atoms with E-state index in [0.717, 1.165) is 12.0 Å². The van der Waals surface area contributed by atoms with E-state index in [9.17, 15) is 22.8 Å². The number of hydrogen-bond acceptors (Lipinski definition) is 5. The average molecular weight is 464 g/mol. The summed E-state index contributed by atoms with van der Waals surface area (Å²) in [6.45, 7) is 4.64. The number of anilines is 1. The van der Waals surface area contributed by atoms with Crippen LogP contribution < -0.4 is 10.6 Å². The van der Waals surface area contributed by atoms with Crippen LogP contribution in [0.1, 0.15) is 64.4 Å². The predicted molar refractivity (Wildman–Crippen MR) is 122 cm³/mol. The Morgan fingerprint density at radius 2 is 1.81 bits per heavy atom. The number of carbonyl (C=O) groups excluding carboxylic acids is 3. The number of unbranched alkanes of at least 4 members (excludes halogenated alkanes) is 1. The lowest BCUT2D eigenvalue weighted by atomic mass is 9.72. The highest BCUT2D eigenvalue weighted by atomic mass is 32.2. The van der Waals surface area contributed by atoms with Crippen molar-refractivity contribution >= 4 is 33.4 Å². The van der Waals surface area contributed by atoms with E-state index < -0.39 is 15.4 Å². The minimum absolute atomic E-state index is 0.116. The van der Waals surface area contributed by atoms with Crippen molar-refractivity contribution in [2.24, 2.45) is 5.92 Å². The Bertz CT molecular complexity index is 952. The number of hydrogen-bond donors (Lipinski definition) is 2. The van der Waals surface area contributed by atoms with Crippen molar-refractivity contribution in [2.75, 3.05) is 24.2 Å². The van der Waals surface area contributed by atoms with Crippen LogP contribution in [0, 0.1) is 5.92 Å². The van der Waals surface area contributed by atoms with E-state index in [-0.39, 0.29) is 29.4 Å². The first-order chi connectivity index (χ1) is 15.2. The van der Waals surface area contributed by atoms with Crippen molar-refractivity contribution < 1.29 is 22.8 Å². The normalized spacial score (nSPS) is 23.1. The molecule has 3 rings (SSSR count). The Balaban J connectivity index is 1.59. The molecule has 2 heterocycles. The number of nitrogens with one attached hydrogen (secondary N) is 2. The fraction of sp³-hybridized carbons (Fsp3) is 0.609. The molecular weight excluding hydrogens is 430 g/mol. The van der Waals surface area contributed by atoms with Crippen LogP contribution in [-0.2, 0) is 29.8 Å². The van der Waals surface area contributed by atoms with Crippen LogP contribution in [0.4, 0.5) is 5.69 Å². The fourth-order valence-corrected chi connectivity index (χ4v) is 6.21. The van der Waals surface area contributed by atoms with Crippen molar-refractivity contribution in [3.05, 3.63) is 29.8 Å². The SMILES string of the molecule is CCCCS(=O)(=O)N1CCC(C(=O)Nc2ccc(C3(CC)CCC(=O)NC3=O)cc2)CC1. The van der Waals surface area contributed by atoms with Gasteiger partial charge in [-0.2, -0.15) is 0 Å². The van der Waals surface area contributed by atoms with E-state index in [4.69, 9.17) is 0 Å². The molecule has 2 aliphatic rings. The second-order valence-corrected chi connectivity index (χ2v) is 10.8. The molecule has 176 valence electrons. The zero-order valence-electron chi connectivity index (χ0n) is 18.9. The van der Waals surface area contributed by atoms with E-state index in [1.807, 2.05) is 26.0 Å². The van der Waals surface area contributed by atoms with Gasteiger partial charge in [-0.15, -0.1) is 0 Å². The minimum Gasteiger partial charge on any atom is -0.326 e. The summed E-state index contributed by atoms with van der Waals surface area (Å²) in [4.78, 5) is 36.8. The van der Waals surface area contributed by atoms with Crippen LogP contribution in [0.5, 0.6) is 0 Å². The fourth-order valence-electron chi connectivity index (χ4n) is 4.54. The van der Waals surface area contributed by atoms with Gasteiger partial charge in [0.2, 0.25) is 27.7 Å². The molecule has 2 N–H and O–H groups in total. The third-order valence-electron chi connectivity index (χ3n) is 6.75. The van der Waals surface area contributed by atoms with E-state index in [2.05, 4.69) is 10.6 Å². The molecule has 0 saturated carbocycles. The van der Waals surface area contributed by atoms with Gasteiger partial charge in [0, 0.05) is 31.1 Å². The highest BCUT2D eigenvalue weighted by Crippen LogP contribution is 2.36. The van der Waals surface area contributed by atoms with Crippen molar-refractivity contribution in [1.82, 2.24) is 9.62 Å². The number of carbonyl (C=O) groups is 3. The average Bonchev–Trinajstić information content (AvgIpc) is 2.79. The molecule has 0 aromatic heterocycles. The maximum absolute atomic E-state index is 12.7. The molecule has 1 unspecified atom stereocenters. The number of sulfonamides is 1. The largest absolute Gasteiger partial charge is 0.326 e. The molecule has 3 amide bonds. The van der Waals surface area contributed by atoms with Gasteiger partial charge in [0.05, 0.1) is 11.2 Å². The topological polar surface area (TPSA) is 113 Å². The summed E-state index contributed by atoms with van der Waals surface area (Å²) >= 11 is 0. The lowest BCUT2D eigenvalue weighted by Crippen LogP contribution is -2.51. The van der Waals surface area contributed by atoms with Crippen molar-refractivity contribution in [3.8, 4) is 0 Å². The molecule has 32 heavy (non-hydrogen) atoms. The number of benzene rings is 1. The van der Waals surface area contributed by atoms with Crippen LogP contribution in [0.15, 0.2) is 24.3 Å². The molecular formula is C23H33N3O5S. The Kier molecular flexibility index (Phi) is 7.71. The molecule has 8 nitrogen and oxygen atoms in total. The number of amides is 3. The van der Waals surface area contributed by atoms with Crippen LogP contribution >= 0.6 is 0 Å². The van der Waals surface area contributed by atoms with Gasteiger partial charge >= 0.3 is 0 Å². The molecule has 9 heteroatoms. The molecule has 1 aromatic rings. The van der Waals surface area contributed by atoms with Gasteiger partial charge in [0.1, 0.15) is 0 Å². The van der Waals surface area contributed by atoms with E-state index >= 15 is 0 Å². The maximum Gasteiger partial charge on any atom is 0.237 e. The predicted octanol–water partition coefficient (Wildman–Crippen LogP) is 2.55. The van der Waals surface area contributed by atoms with Crippen molar-refractivity contribution in [2.45, 2.75) is 64.2 Å². The molecule has 0 aliphatic carbocycles. The highest BCUT2D eigenvalue weighted by molar-refractivity contribution is 7.89. The number of nitrogens with zero attached hydrogens (tertiary/aromatic N) is 1. The van der Waals surface area contributed by atoms with Gasteiger partial charge in [-0.05, 0) is 49.8 Å². The van der Waals surface area contributed by atoms with Crippen molar-refractivity contribution in [3.63, 3.8) is 0 Å². The van der Waals surface area contributed by atoms with Crippen LogP contribution in [0.25, 0.3) is 0 Å². The lowest BCUT2D eigenvalue weighted by Gasteiger charge is -2.35. The van der Waals surface area contributed by atoms with Crippen LogP contribution in [-0.4, -0.2) is 49.3 Å². The summed E-state index contributed by atoms with van der Waals surface area (Å²) in [6.07, 6.45) is 3.85. The second-order valence-electron chi connectivity index (χ2n) is 8.72. The minimum atomic E-state index is -3.24. The number of piperidine rings is 2. The summed E-state index contributed by atoms with van der Waals surface area (Å²) in [7, 11) is -3.24. The number of imide groups is 1. The van der Waals surface area contributed by atoms with Crippen LogP contribution in [0.3, 0.4) is 0 Å². The maximum atomic E-state index is 12.7. The number of rotatable bonds is 8. The van der Waals surface area contributed by atoms with E-state index in [1.165, 1.54) is 4.31 Å². The summed E-state index contributed by atoms with van der Waals surface area (Å²) in [5.74, 6) is -0.696. The monoisotopic (exact) mass is 463 g/mol. The highest BCUT2D eigenvalue weighted by Gasteiger charge is 2.42. The molecule has 1 atom stereocenters. The summed E-state index contributed by atoms with van der Waals surface area (Å²) in [6, 6.07) is 7.21. The molecule has 2 fully saturated rings. The zero-order valence-corrected chi connectivity index (χ0v) is 19.7. The van der Waals surface area contributed by atoms with Gasteiger partial charge in [0.15, 0.2) is 0 Å². The molecule has 2 saturated heterocycles. The molecule has 0 bridgehead atoms. The third-order valence-corrected chi connectivity index (χ3v) is 8.71. The Morgan fingerprint density at radius 3 is 2.38 bits per heavy atom. The quantitative estimate of drug-likeness (QED) is 0.576. The molecule has 2 aliphatic heterocycles. The van der Waals surface area contributed by atoms with Gasteiger partial charge in [-0.25, -0.2) is 12.7 Å². The van der Waals surface area contributed by atoms with E-state index in [1.54, 1.807) is 12.1 Å². The Labute approximate surface area is 190 Å². The van der Waals surface area contributed by atoms with Gasteiger partial charge < -0.3 is 5.32 Å². The standard InChI is InChI=1S/C23H33N3O5S/c1-3-5-16-32(30,31)26-14-11-17(12-15-26)21(28)24-19-8-6-18(7-9-19)23(4-2)13-10-20(27)25-22(23)29/h6-9,17H,3-5,10-16H2,1-2H3,(H,24,28)(H,25,27,29). The van der Waals surface area contributed by atoms with Gasteiger partial charge in [-0.1, -0.05) is 32.4 Å². The summed E-state index contributed by atoms with van der Waals surface area (Å²) < 4.78 is 26.2. The van der Waals surface area contributed by atoms with Crippen molar-refractivity contribution in [1.29, 1.82) is 0 Å². The molecule has 0 radical (unpaired) electrons. The first kappa shape index (κ1) is 24.4.